The van der Waals surface area contributed by atoms with Crippen LogP contribution in [-0.2, 0) is 14.3 Å². The number of Topliss-reactive ketones (excluding diaryl/α,β-unsaturated/α-hetero) is 1. The molecule has 0 aromatic heterocycles. The van der Waals surface area contributed by atoms with Gasteiger partial charge in [-0.1, -0.05) is 84.0 Å². The van der Waals surface area contributed by atoms with Gasteiger partial charge in [0.2, 0.25) is 0 Å². The highest BCUT2D eigenvalue weighted by Crippen LogP contribution is 2.29. The molecule has 0 amide bonds. The van der Waals surface area contributed by atoms with Crippen molar-refractivity contribution in [3.8, 4) is 0 Å². The maximum absolute atomic E-state index is 11.8. The number of ketones is 1. The largest absolute Gasteiger partial charge is 0.466 e. The summed E-state index contributed by atoms with van der Waals surface area (Å²) in [6.07, 6.45) is 19.7. The zero-order chi connectivity index (χ0) is 20.5. The number of hydrogen-bond donors (Lipinski definition) is 1. The van der Waals surface area contributed by atoms with Crippen molar-refractivity contribution in [2.75, 3.05) is 6.61 Å². The van der Waals surface area contributed by atoms with Crippen molar-refractivity contribution in [2.24, 2.45) is 0 Å². The summed E-state index contributed by atoms with van der Waals surface area (Å²) < 4.78 is 5.26. The fourth-order valence-electron chi connectivity index (χ4n) is 3.96. The Morgan fingerprint density at radius 2 is 1.32 bits per heavy atom. The van der Waals surface area contributed by atoms with E-state index in [1.807, 2.05) is 0 Å². The summed E-state index contributed by atoms with van der Waals surface area (Å²) in [7, 11) is 0. The van der Waals surface area contributed by atoms with Crippen LogP contribution in [0.1, 0.15) is 129 Å². The van der Waals surface area contributed by atoms with Gasteiger partial charge in [0.05, 0.1) is 12.2 Å². The highest BCUT2D eigenvalue weighted by Gasteiger charge is 2.32. The van der Waals surface area contributed by atoms with Crippen LogP contribution in [0.3, 0.4) is 0 Å². The molecule has 0 heterocycles. The first-order valence-electron chi connectivity index (χ1n) is 12.0. The lowest BCUT2D eigenvalue weighted by Crippen LogP contribution is -2.35. The van der Waals surface area contributed by atoms with E-state index >= 15 is 0 Å². The van der Waals surface area contributed by atoms with Crippen molar-refractivity contribution < 1.29 is 19.4 Å². The van der Waals surface area contributed by atoms with Gasteiger partial charge >= 0.3 is 5.97 Å². The molecular weight excluding hydrogens is 352 g/mol. The minimum absolute atomic E-state index is 0.154. The molecule has 0 unspecified atom stereocenters. The SMILES string of the molecule is CCCCCCCCCCCCCCCC(=O)OCCC1(O)CCC(=O)CC1. The predicted molar refractivity (Wildman–Crippen MR) is 114 cm³/mol. The standard InChI is InChI=1S/C24H44O4/c1-2-3-4-5-6-7-8-9-10-11-12-13-14-15-23(26)28-21-20-24(27)18-16-22(25)17-19-24/h27H,2-21H2,1H3. The maximum atomic E-state index is 11.8. The number of ether oxygens (including phenoxy) is 1. The van der Waals surface area contributed by atoms with Gasteiger partial charge in [-0.2, -0.15) is 0 Å². The Hall–Kier alpha value is -0.900. The van der Waals surface area contributed by atoms with Crippen molar-refractivity contribution in [3.05, 3.63) is 0 Å². The maximum Gasteiger partial charge on any atom is 0.305 e. The molecule has 0 bridgehead atoms. The lowest BCUT2D eigenvalue weighted by Gasteiger charge is -2.31. The summed E-state index contributed by atoms with van der Waals surface area (Å²) in [4.78, 5) is 23.0. The van der Waals surface area contributed by atoms with E-state index in [-0.39, 0.29) is 18.4 Å². The minimum atomic E-state index is -0.816. The molecule has 1 aliphatic carbocycles. The second-order valence-electron chi connectivity index (χ2n) is 8.73. The van der Waals surface area contributed by atoms with Crippen LogP contribution in [0.5, 0.6) is 0 Å². The van der Waals surface area contributed by atoms with Crippen LogP contribution in [0.4, 0.5) is 0 Å². The molecule has 0 saturated heterocycles. The first kappa shape index (κ1) is 25.1. The topological polar surface area (TPSA) is 63.6 Å². The summed E-state index contributed by atoms with van der Waals surface area (Å²) in [5, 5.41) is 10.4. The lowest BCUT2D eigenvalue weighted by atomic mass is 9.82. The quantitative estimate of drug-likeness (QED) is 0.232. The summed E-state index contributed by atoms with van der Waals surface area (Å²) in [6, 6.07) is 0. The lowest BCUT2D eigenvalue weighted by molar-refractivity contribution is -0.146. The normalized spacial score (nSPS) is 16.3. The van der Waals surface area contributed by atoms with Gasteiger partial charge in [0.25, 0.3) is 0 Å². The zero-order valence-electron chi connectivity index (χ0n) is 18.3. The first-order chi connectivity index (χ1) is 13.6. The van der Waals surface area contributed by atoms with Crippen LogP contribution in [0, 0.1) is 0 Å². The van der Waals surface area contributed by atoms with Crippen molar-refractivity contribution in [3.63, 3.8) is 0 Å². The molecule has 0 aromatic carbocycles. The molecule has 1 aliphatic rings. The number of aliphatic hydroxyl groups is 1. The van der Waals surface area contributed by atoms with Crippen LogP contribution in [-0.4, -0.2) is 29.1 Å². The van der Waals surface area contributed by atoms with Gasteiger partial charge in [-0.25, -0.2) is 0 Å². The average Bonchev–Trinajstić information content (AvgIpc) is 2.68. The average molecular weight is 397 g/mol. The van der Waals surface area contributed by atoms with Gasteiger partial charge in [-0.15, -0.1) is 0 Å². The van der Waals surface area contributed by atoms with Crippen LogP contribution >= 0.6 is 0 Å². The number of carbonyl (C=O) groups excluding carboxylic acids is 2. The van der Waals surface area contributed by atoms with E-state index in [4.69, 9.17) is 4.74 Å². The van der Waals surface area contributed by atoms with Crippen molar-refractivity contribution in [1.29, 1.82) is 0 Å². The molecule has 4 nitrogen and oxygen atoms in total. The Morgan fingerprint density at radius 1 is 0.857 bits per heavy atom. The fourth-order valence-corrected chi connectivity index (χ4v) is 3.96. The molecule has 0 aromatic rings. The van der Waals surface area contributed by atoms with E-state index in [1.165, 1.54) is 70.6 Å². The summed E-state index contributed by atoms with van der Waals surface area (Å²) >= 11 is 0. The summed E-state index contributed by atoms with van der Waals surface area (Å²) in [5.41, 5.74) is -0.816. The van der Waals surface area contributed by atoms with Gasteiger partial charge in [-0.05, 0) is 19.3 Å². The van der Waals surface area contributed by atoms with Gasteiger partial charge in [0.15, 0.2) is 0 Å². The highest BCUT2D eigenvalue weighted by molar-refractivity contribution is 5.79. The molecule has 0 radical (unpaired) electrons. The molecule has 0 spiro atoms. The van der Waals surface area contributed by atoms with E-state index in [1.54, 1.807) is 0 Å². The fraction of sp³-hybridized carbons (Fsp3) is 0.917. The second kappa shape index (κ2) is 16.0. The Balaban J connectivity index is 1.83. The Labute approximate surface area is 172 Å². The highest BCUT2D eigenvalue weighted by atomic mass is 16.5. The number of hydrogen-bond acceptors (Lipinski definition) is 4. The number of carbonyl (C=O) groups is 2. The van der Waals surface area contributed by atoms with Gasteiger partial charge in [-0.3, -0.25) is 9.59 Å². The van der Waals surface area contributed by atoms with Crippen LogP contribution < -0.4 is 0 Å². The Kier molecular flexibility index (Phi) is 14.3. The summed E-state index contributed by atoms with van der Waals surface area (Å²) in [5.74, 6) is 0.0719. The van der Waals surface area contributed by atoms with Gasteiger partial charge < -0.3 is 9.84 Å². The molecule has 1 fully saturated rings. The molecule has 0 aliphatic heterocycles. The molecular formula is C24H44O4. The smallest absolute Gasteiger partial charge is 0.305 e. The third kappa shape index (κ3) is 13.3. The molecule has 1 rings (SSSR count). The third-order valence-corrected chi connectivity index (χ3v) is 6.05. The van der Waals surface area contributed by atoms with E-state index in [0.29, 0.717) is 38.5 Å². The molecule has 1 saturated carbocycles. The van der Waals surface area contributed by atoms with Crippen LogP contribution in [0.15, 0.2) is 0 Å². The molecule has 4 heteroatoms. The van der Waals surface area contributed by atoms with E-state index in [0.717, 1.165) is 12.8 Å². The van der Waals surface area contributed by atoms with Crippen LogP contribution in [0.25, 0.3) is 0 Å². The van der Waals surface area contributed by atoms with E-state index in [9.17, 15) is 14.7 Å². The second-order valence-corrected chi connectivity index (χ2v) is 8.73. The van der Waals surface area contributed by atoms with Crippen molar-refractivity contribution in [1.82, 2.24) is 0 Å². The van der Waals surface area contributed by atoms with Crippen molar-refractivity contribution >= 4 is 11.8 Å². The first-order valence-corrected chi connectivity index (χ1v) is 12.0. The number of unbranched alkanes of at least 4 members (excludes halogenated alkanes) is 12. The monoisotopic (exact) mass is 396 g/mol. The third-order valence-electron chi connectivity index (χ3n) is 6.05. The molecule has 1 N–H and O–H groups in total. The van der Waals surface area contributed by atoms with Crippen LogP contribution in [0.2, 0.25) is 0 Å². The van der Waals surface area contributed by atoms with E-state index < -0.39 is 5.60 Å². The van der Waals surface area contributed by atoms with Crippen molar-refractivity contribution in [2.45, 2.75) is 135 Å². The van der Waals surface area contributed by atoms with Gasteiger partial charge in [0.1, 0.15) is 5.78 Å². The molecule has 164 valence electrons. The Bertz CT molecular complexity index is 409. The van der Waals surface area contributed by atoms with E-state index in [2.05, 4.69) is 6.92 Å². The number of esters is 1. The summed E-state index contributed by atoms with van der Waals surface area (Å²) in [6.45, 7) is 2.53. The number of rotatable bonds is 17. The molecule has 0 atom stereocenters. The minimum Gasteiger partial charge on any atom is -0.466 e. The zero-order valence-corrected chi connectivity index (χ0v) is 18.3. The molecule has 28 heavy (non-hydrogen) atoms. The Morgan fingerprint density at radius 3 is 1.82 bits per heavy atom. The van der Waals surface area contributed by atoms with Gasteiger partial charge in [0, 0.05) is 25.7 Å². The predicted octanol–water partition coefficient (Wildman–Crippen LogP) is 6.28.